The Balaban J connectivity index is 0.000000260. The van der Waals surface area contributed by atoms with Gasteiger partial charge in [-0.1, -0.05) is 66.5 Å². The number of nitrogens with one attached hydrogen (secondary N) is 2. The van der Waals surface area contributed by atoms with Crippen LogP contribution in [0.15, 0.2) is 48.6 Å². The fourth-order valence-corrected chi connectivity index (χ4v) is 7.14. The molecular formula is C40H58N2O6. The summed E-state index contributed by atoms with van der Waals surface area (Å²) in [4.78, 5) is 24.6. The van der Waals surface area contributed by atoms with Gasteiger partial charge in [0.2, 0.25) is 11.8 Å². The zero-order valence-electron chi connectivity index (χ0n) is 30.2. The molecule has 0 aromatic heterocycles. The molecule has 0 unspecified atom stereocenters. The number of aromatic hydroxyl groups is 2. The maximum Gasteiger partial charge on any atom is 0.244 e. The highest BCUT2D eigenvalue weighted by Gasteiger charge is 2.32. The lowest BCUT2D eigenvalue weighted by Crippen LogP contribution is -2.45. The van der Waals surface area contributed by atoms with Gasteiger partial charge in [-0.25, -0.2) is 0 Å². The molecule has 8 nitrogen and oxygen atoms in total. The Morgan fingerprint density at radius 2 is 1.06 bits per heavy atom. The summed E-state index contributed by atoms with van der Waals surface area (Å²) >= 11 is 0. The normalized spacial score (nSPS) is 24.3. The molecule has 0 spiro atoms. The van der Waals surface area contributed by atoms with Gasteiger partial charge in [0.15, 0.2) is 23.0 Å². The quantitative estimate of drug-likeness (QED) is 0.192. The number of carbonyl (C=O) groups is 2. The van der Waals surface area contributed by atoms with Crippen LogP contribution in [0.25, 0.3) is 12.2 Å². The second-order valence-electron chi connectivity index (χ2n) is 14.4. The molecule has 0 heterocycles. The van der Waals surface area contributed by atoms with Gasteiger partial charge in [-0.05, 0) is 109 Å². The van der Waals surface area contributed by atoms with Gasteiger partial charge < -0.3 is 30.3 Å². The van der Waals surface area contributed by atoms with Crippen LogP contribution < -0.4 is 20.1 Å². The first-order chi connectivity index (χ1) is 22.8. The van der Waals surface area contributed by atoms with Crippen molar-refractivity contribution in [3.63, 3.8) is 0 Å². The number of amides is 2. The van der Waals surface area contributed by atoms with Gasteiger partial charge in [0.25, 0.3) is 0 Å². The van der Waals surface area contributed by atoms with Crippen molar-refractivity contribution < 1.29 is 29.3 Å². The van der Waals surface area contributed by atoms with Crippen molar-refractivity contribution in [3.8, 4) is 23.0 Å². The first kappa shape index (κ1) is 38.5. The molecule has 2 aliphatic carbocycles. The molecular weight excluding hydrogens is 604 g/mol. The van der Waals surface area contributed by atoms with Crippen molar-refractivity contribution in [2.24, 2.45) is 35.5 Å². The van der Waals surface area contributed by atoms with Crippen LogP contribution in [0.2, 0.25) is 0 Å². The van der Waals surface area contributed by atoms with E-state index in [1.165, 1.54) is 39.9 Å². The van der Waals surface area contributed by atoms with Gasteiger partial charge in [-0.15, -0.1) is 0 Å². The maximum atomic E-state index is 12.3. The Hall–Kier alpha value is -3.94. The number of phenols is 2. The predicted octanol–water partition coefficient (Wildman–Crippen LogP) is 7.98. The second kappa shape index (κ2) is 18.6. The Labute approximate surface area is 288 Å². The molecule has 0 radical (unpaired) electrons. The third-order valence-electron chi connectivity index (χ3n) is 9.96. The zero-order chi connectivity index (χ0) is 35.4. The second-order valence-corrected chi connectivity index (χ2v) is 14.4. The lowest BCUT2D eigenvalue weighted by Gasteiger charge is -2.37. The molecule has 2 saturated carbocycles. The minimum atomic E-state index is -0.0632. The van der Waals surface area contributed by atoms with Gasteiger partial charge in [0.05, 0.1) is 14.2 Å². The van der Waals surface area contributed by atoms with E-state index in [9.17, 15) is 19.8 Å². The summed E-state index contributed by atoms with van der Waals surface area (Å²) in [6, 6.07) is 10.5. The minimum absolute atomic E-state index is 0.0632. The Kier molecular flexibility index (Phi) is 14.9. The van der Waals surface area contributed by atoms with Crippen molar-refractivity contribution in [1.29, 1.82) is 0 Å². The monoisotopic (exact) mass is 662 g/mol. The van der Waals surface area contributed by atoms with Crippen molar-refractivity contribution >= 4 is 24.0 Å². The van der Waals surface area contributed by atoms with E-state index in [2.05, 4.69) is 52.2 Å². The van der Waals surface area contributed by atoms with E-state index in [0.717, 1.165) is 24.0 Å². The molecule has 4 rings (SSSR count). The van der Waals surface area contributed by atoms with E-state index in [-0.39, 0.29) is 35.4 Å². The molecule has 2 aliphatic rings. The third-order valence-corrected chi connectivity index (χ3v) is 9.96. The van der Waals surface area contributed by atoms with Gasteiger partial charge in [-0.2, -0.15) is 0 Å². The number of rotatable bonds is 10. The molecule has 2 amide bonds. The molecule has 0 aliphatic heterocycles. The highest BCUT2D eigenvalue weighted by molar-refractivity contribution is 5.92. The summed E-state index contributed by atoms with van der Waals surface area (Å²) in [6.45, 7) is 13.5. The van der Waals surface area contributed by atoms with Crippen LogP contribution in [-0.2, 0) is 9.59 Å². The van der Waals surface area contributed by atoms with Crippen LogP contribution in [-0.4, -0.2) is 48.3 Å². The lowest BCUT2D eigenvalue weighted by atomic mass is 9.74. The summed E-state index contributed by atoms with van der Waals surface area (Å²) in [5.41, 5.74) is 1.63. The number of hydrogen-bond donors (Lipinski definition) is 4. The van der Waals surface area contributed by atoms with Crippen LogP contribution in [0.3, 0.4) is 0 Å². The van der Waals surface area contributed by atoms with Crippen LogP contribution in [0, 0.1) is 35.5 Å². The van der Waals surface area contributed by atoms with E-state index in [1.54, 1.807) is 60.7 Å². The third kappa shape index (κ3) is 11.6. The fourth-order valence-electron chi connectivity index (χ4n) is 7.14. The van der Waals surface area contributed by atoms with Crippen molar-refractivity contribution in [3.05, 3.63) is 59.7 Å². The zero-order valence-corrected chi connectivity index (χ0v) is 30.2. The maximum absolute atomic E-state index is 12.3. The molecule has 2 aromatic rings. The average molecular weight is 663 g/mol. The van der Waals surface area contributed by atoms with E-state index in [1.807, 2.05) is 0 Å². The van der Waals surface area contributed by atoms with Crippen molar-refractivity contribution in [2.45, 2.75) is 92.2 Å². The predicted molar refractivity (Wildman–Crippen MR) is 194 cm³/mol. The van der Waals surface area contributed by atoms with E-state index >= 15 is 0 Å². The molecule has 4 N–H and O–H groups in total. The van der Waals surface area contributed by atoms with Crippen LogP contribution in [0.5, 0.6) is 23.0 Å². The summed E-state index contributed by atoms with van der Waals surface area (Å²) in [6.07, 6.45) is 13.6. The van der Waals surface area contributed by atoms with Crippen LogP contribution in [0.1, 0.15) is 91.2 Å². The lowest BCUT2D eigenvalue weighted by molar-refractivity contribution is -0.118. The smallest absolute Gasteiger partial charge is 0.244 e. The molecule has 2 aromatic carbocycles. The summed E-state index contributed by atoms with van der Waals surface area (Å²) in [5, 5.41) is 25.6. The number of methoxy groups -OCH3 is 2. The van der Waals surface area contributed by atoms with Gasteiger partial charge >= 0.3 is 0 Å². The fraction of sp³-hybridized carbons (Fsp3) is 0.550. The molecule has 6 atom stereocenters. The van der Waals surface area contributed by atoms with Gasteiger partial charge in [0.1, 0.15) is 0 Å². The molecule has 264 valence electrons. The molecule has 8 heteroatoms. The number of carbonyl (C=O) groups excluding carboxylic acids is 2. The number of benzene rings is 2. The van der Waals surface area contributed by atoms with Gasteiger partial charge in [0, 0.05) is 24.2 Å². The highest BCUT2D eigenvalue weighted by atomic mass is 16.5. The number of phenolic OH excluding ortho intramolecular Hbond substituents is 2. The Bertz CT molecular complexity index is 1290. The standard InChI is InChI=1S/2C20H29NO3/c2*1-13(2)16-8-5-14(3)11-17(16)21-20(23)10-7-15-6-9-18(22)19(12-15)24-4/h2*6-7,9-10,12-14,16-17,22H,5,8,11H2,1-4H3,(H,21,23)/b2*10-7+/t2*14-,16+,17+/m10/s1. The summed E-state index contributed by atoms with van der Waals surface area (Å²) < 4.78 is 10.2. The SMILES string of the molecule is COc1cc(/C=C/C(=O)N[C@@H]2C[C@@H](C)CC[C@@H]2C(C)C)ccc1O.COc1cc(/C=C/C(=O)N[C@H]2C[C@H](C)CC[C@H]2C(C)C)ccc1O. The number of hydrogen-bond acceptors (Lipinski definition) is 6. The Morgan fingerprint density at radius 1 is 0.688 bits per heavy atom. The van der Waals surface area contributed by atoms with Crippen LogP contribution in [0.4, 0.5) is 0 Å². The first-order valence-corrected chi connectivity index (χ1v) is 17.5. The molecule has 0 saturated heterocycles. The number of ether oxygens (including phenoxy) is 2. The molecule has 2 fully saturated rings. The largest absolute Gasteiger partial charge is 0.504 e. The highest BCUT2D eigenvalue weighted by Crippen LogP contribution is 2.35. The average Bonchev–Trinajstić information content (AvgIpc) is 3.04. The van der Waals surface area contributed by atoms with Crippen LogP contribution >= 0.6 is 0 Å². The van der Waals surface area contributed by atoms with E-state index in [4.69, 9.17) is 9.47 Å². The molecule has 48 heavy (non-hydrogen) atoms. The molecule has 0 bridgehead atoms. The van der Waals surface area contributed by atoms with Gasteiger partial charge in [-0.3, -0.25) is 9.59 Å². The topological polar surface area (TPSA) is 117 Å². The van der Waals surface area contributed by atoms with Crippen molar-refractivity contribution in [2.75, 3.05) is 14.2 Å². The first-order valence-electron chi connectivity index (χ1n) is 17.5. The summed E-state index contributed by atoms with van der Waals surface area (Å²) in [5.74, 6) is 4.44. The van der Waals surface area contributed by atoms with Crippen molar-refractivity contribution in [1.82, 2.24) is 10.6 Å². The summed E-state index contributed by atoms with van der Waals surface area (Å²) in [7, 11) is 3.01. The van der Waals surface area contributed by atoms with E-state index in [0.29, 0.717) is 47.0 Å². The van der Waals surface area contributed by atoms with E-state index < -0.39 is 0 Å². The Morgan fingerprint density at radius 3 is 1.40 bits per heavy atom. The minimum Gasteiger partial charge on any atom is -0.504 e.